The fourth-order valence-electron chi connectivity index (χ4n) is 3.29. The molecular weight excluding hydrogens is 246 g/mol. The summed E-state index contributed by atoms with van der Waals surface area (Å²) in [5, 5.41) is 8.27. The third kappa shape index (κ3) is 4.08. The van der Waals surface area contributed by atoms with Gasteiger partial charge in [0.1, 0.15) is 0 Å². The molecule has 20 heavy (non-hydrogen) atoms. The van der Waals surface area contributed by atoms with E-state index in [1.54, 1.807) is 0 Å². The van der Waals surface area contributed by atoms with Crippen LogP contribution in [0.1, 0.15) is 58.3 Å². The van der Waals surface area contributed by atoms with E-state index < -0.39 is 0 Å². The van der Waals surface area contributed by atoms with Crippen LogP contribution in [-0.2, 0) is 19.9 Å². The topological polar surface area (TPSA) is 29.9 Å². The molecule has 1 heterocycles. The predicted octanol–water partition coefficient (Wildman–Crippen LogP) is 3.33. The summed E-state index contributed by atoms with van der Waals surface area (Å²) in [6.07, 6.45) is 6.38. The predicted molar refractivity (Wildman–Crippen MR) is 84.9 cm³/mol. The highest BCUT2D eigenvalue weighted by atomic mass is 15.3. The average Bonchev–Trinajstić information content (AvgIpc) is 2.94. The molecule has 2 atom stereocenters. The molecular formula is C17H31N3. The zero-order valence-electron chi connectivity index (χ0n) is 13.9. The van der Waals surface area contributed by atoms with E-state index in [0.29, 0.717) is 0 Å². The van der Waals surface area contributed by atoms with E-state index in [1.165, 1.54) is 37.1 Å². The van der Waals surface area contributed by atoms with Crippen molar-refractivity contribution in [3.05, 3.63) is 17.5 Å². The summed E-state index contributed by atoms with van der Waals surface area (Å²) >= 11 is 0. The van der Waals surface area contributed by atoms with Crippen molar-refractivity contribution in [3.8, 4) is 0 Å². The van der Waals surface area contributed by atoms with E-state index in [2.05, 4.69) is 55.9 Å². The molecule has 2 rings (SSSR count). The van der Waals surface area contributed by atoms with Gasteiger partial charge >= 0.3 is 0 Å². The molecule has 1 aliphatic carbocycles. The van der Waals surface area contributed by atoms with E-state index >= 15 is 0 Å². The maximum absolute atomic E-state index is 4.58. The highest BCUT2D eigenvalue weighted by Gasteiger charge is 2.29. The fraction of sp³-hybridized carbons (Fsp3) is 0.824. The van der Waals surface area contributed by atoms with Crippen LogP contribution >= 0.6 is 0 Å². The Balaban J connectivity index is 1.95. The summed E-state index contributed by atoms with van der Waals surface area (Å²) in [6.45, 7) is 10.1. The number of aromatic nitrogens is 2. The minimum atomic E-state index is 0.231. The monoisotopic (exact) mass is 277 g/mol. The number of nitrogens with zero attached hydrogens (tertiary/aromatic N) is 2. The van der Waals surface area contributed by atoms with Crippen molar-refractivity contribution in [2.45, 2.75) is 65.3 Å². The second-order valence-electron chi connectivity index (χ2n) is 7.39. The van der Waals surface area contributed by atoms with Crippen LogP contribution in [0.2, 0.25) is 0 Å². The molecule has 0 aliphatic heterocycles. The van der Waals surface area contributed by atoms with E-state index in [9.17, 15) is 0 Å². The van der Waals surface area contributed by atoms with E-state index in [4.69, 9.17) is 0 Å². The lowest BCUT2D eigenvalue weighted by Gasteiger charge is -2.26. The number of aryl methyl sites for hydroxylation is 2. The molecule has 0 radical (unpaired) electrons. The first-order chi connectivity index (χ1) is 9.39. The lowest BCUT2D eigenvalue weighted by atomic mass is 9.90. The second kappa shape index (κ2) is 6.30. The Bertz CT molecular complexity index is 428. The van der Waals surface area contributed by atoms with Crippen molar-refractivity contribution < 1.29 is 0 Å². The zero-order valence-corrected chi connectivity index (χ0v) is 13.9. The van der Waals surface area contributed by atoms with Gasteiger partial charge in [-0.2, -0.15) is 5.10 Å². The Hall–Kier alpha value is -0.830. The van der Waals surface area contributed by atoms with Gasteiger partial charge in [-0.15, -0.1) is 0 Å². The van der Waals surface area contributed by atoms with Crippen LogP contribution in [0.25, 0.3) is 0 Å². The molecule has 3 nitrogen and oxygen atoms in total. The normalized spacial score (nSPS) is 23.4. The third-order valence-corrected chi connectivity index (χ3v) is 4.57. The van der Waals surface area contributed by atoms with Crippen LogP contribution in [0, 0.1) is 11.8 Å². The van der Waals surface area contributed by atoms with Crippen molar-refractivity contribution >= 4 is 0 Å². The minimum Gasteiger partial charge on any atom is -0.312 e. The molecule has 1 saturated carbocycles. The van der Waals surface area contributed by atoms with Crippen molar-refractivity contribution in [2.24, 2.45) is 18.9 Å². The Morgan fingerprint density at radius 2 is 2.00 bits per heavy atom. The van der Waals surface area contributed by atoms with Crippen LogP contribution in [0.3, 0.4) is 0 Å². The van der Waals surface area contributed by atoms with Crippen molar-refractivity contribution in [2.75, 3.05) is 6.54 Å². The van der Waals surface area contributed by atoms with E-state index in [1.807, 2.05) is 0 Å². The summed E-state index contributed by atoms with van der Waals surface area (Å²) in [7, 11) is 2.09. The molecule has 0 saturated heterocycles. The van der Waals surface area contributed by atoms with Crippen LogP contribution in [0.15, 0.2) is 6.07 Å². The minimum absolute atomic E-state index is 0.231. The SMILES string of the molecule is CCc1cc(CC2CCCC2CNC(C)(C)C)n(C)n1. The first-order valence-electron chi connectivity index (χ1n) is 8.16. The van der Waals surface area contributed by atoms with Crippen LogP contribution in [0.4, 0.5) is 0 Å². The highest BCUT2D eigenvalue weighted by molar-refractivity contribution is 5.11. The fourth-order valence-corrected chi connectivity index (χ4v) is 3.29. The second-order valence-corrected chi connectivity index (χ2v) is 7.39. The Kier molecular flexibility index (Phi) is 4.90. The Labute approximate surface area is 124 Å². The van der Waals surface area contributed by atoms with Gasteiger partial charge in [0.2, 0.25) is 0 Å². The van der Waals surface area contributed by atoms with Gasteiger partial charge < -0.3 is 5.32 Å². The van der Waals surface area contributed by atoms with Crippen LogP contribution < -0.4 is 5.32 Å². The van der Waals surface area contributed by atoms with E-state index in [0.717, 1.165) is 24.8 Å². The average molecular weight is 277 g/mol. The van der Waals surface area contributed by atoms with Gasteiger partial charge in [0, 0.05) is 18.3 Å². The maximum atomic E-state index is 4.58. The van der Waals surface area contributed by atoms with Gasteiger partial charge in [-0.05, 0) is 70.9 Å². The van der Waals surface area contributed by atoms with Gasteiger partial charge in [-0.3, -0.25) is 4.68 Å². The van der Waals surface area contributed by atoms with Crippen molar-refractivity contribution in [3.63, 3.8) is 0 Å². The first kappa shape index (κ1) is 15.6. The van der Waals surface area contributed by atoms with E-state index in [-0.39, 0.29) is 5.54 Å². The summed E-state index contributed by atoms with van der Waals surface area (Å²) in [4.78, 5) is 0. The molecule has 0 spiro atoms. The lowest BCUT2D eigenvalue weighted by Crippen LogP contribution is -2.40. The first-order valence-corrected chi connectivity index (χ1v) is 8.16. The number of rotatable bonds is 5. The summed E-state index contributed by atoms with van der Waals surface area (Å²) in [5.41, 5.74) is 2.87. The molecule has 1 aromatic heterocycles. The van der Waals surface area contributed by atoms with Gasteiger partial charge in [-0.1, -0.05) is 13.3 Å². The van der Waals surface area contributed by atoms with Gasteiger partial charge in [0.25, 0.3) is 0 Å². The standard InChI is InChI=1S/C17H31N3/c1-6-15-11-16(20(5)19-15)10-13-8-7-9-14(13)12-18-17(2,3)4/h11,13-14,18H,6-10,12H2,1-5H3. The smallest absolute Gasteiger partial charge is 0.0624 e. The van der Waals surface area contributed by atoms with Gasteiger partial charge in [0.05, 0.1) is 5.69 Å². The van der Waals surface area contributed by atoms with Crippen LogP contribution in [0.5, 0.6) is 0 Å². The molecule has 0 aromatic carbocycles. The lowest BCUT2D eigenvalue weighted by molar-refractivity contribution is 0.314. The zero-order chi connectivity index (χ0) is 14.8. The molecule has 2 unspecified atom stereocenters. The van der Waals surface area contributed by atoms with Crippen molar-refractivity contribution in [1.29, 1.82) is 0 Å². The molecule has 3 heteroatoms. The maximum Gasteiger partial charge on any atom is 0.0624 e. The molecule has 1 aliphatic rings. The molecule has 114 valence electrons. The van der Waals surface area contributed by atoms with Crippen LogP contribution in [-0.4, -0.2) is 21.9 Å². The Morgan fingerprint density at radius 1 is 1.30 bits per heavy atom. The Morgan fingerprint density at radius 3 is 2.60 bits per heavy atom. The quantitative estimate of drug-likeness (QED) is 0.894. The largest absolute Gasteiger partial charge is 0.312 e. The van der Waals surface area contributed by atoms with Gasteiger partial charge in [-0.25, -0.2) is 0 Å². The number of hydrogen-bond donors (Lipinski definition) is 1. The number of nitrogens with one attached hydrogen (secondary N) is 1. The van der Waals surface area contributed by atoms with Crippen molar-refractivity contribution in [1.82, 2.24) is 15.1 Å². The van der Waals surface area contributed by atoms with Gasteiger partial charge in [0.15, 0.2) is 0 Å². The summed E-state index contributed by atoms with van der Waals surface area (Å²) < 4.78 is 2.09. The molecule has 1 aromatic rings. The number of hydrogen-bond acceptors (Lipinski definition) is 2. The highest BCUT2D eigenvalue weighted by Crippen LogP contribution is 2.34. The molecule has 0 bridgehead atoms. The molecule has 1 N–H and O–H groups in total. The summed E-state index contributed by atoms with van der Waals surface area (Å²) in [5.74, 6) is 1.65. The molecule has 1 fully saturated rings. The third-order valence-electron chi connectivity index (χ3n) is 4.57. The molecule has 0 amide bonds. The summed E-state index contributed by atoms with van der Waals surface area (Å²) in [6, 6.07) is 2.30.